The van der Waals surface area contributed by atoms with Crippen molar-refractivity contribution in [2.75, 3.05) is 0 Å². The monoisotopic (exact) mass is 158 g/mol. The normalized spacial score (nSPS) is 17.2. The van der Waals surface area contributed by atoms with Gasteiger partial charge in [0.05, 0.1) is 0 Å². The SMILES string of the molecule is C=C/C=C\C=C/C1=CCCC=C1. The van der Waals surface area contributed by atoms with Crippen LogP contribution in [0, 0.1) is 0 Å². The van der Waals surface area contributed by atoms with Crippen LogP contribution in [-0.4, -0.2) is 0 Å². The maximum Gasteiger partial charge on any atom is -0.0300 e. The summed E-state index contributed by atoms with van der Waals surface area (Å²) >= 11 is 0. The highest BCUT2D eigenvalue weighted by atomic mass is 14.0. The highest BCUT2D eigenvalue weighted by Gasteiger charge is 1.89. The lowest BCUT2D eigenvalue weighted by Gasteiger charge is -1.99. The summed E-state index contributed by atoms with van der Waals surface area (Å²) in [6.07, 6.45) is 18.8. The molecule has 0 bridgehead atoms. The zero-order valence-corrected chi connectivity index (χ0v) is 7.24. The summed E-state index contributed by atoms with van der Waals surface area (Å²) in [5.41, 5.74) is 1.30. The Kier molecular flexibility index (Phi) is 3.93. The Morgan fingerprint density at radius 2 is 2.08 bits per heavy atom. The Morgan fingerprint density at radius 1 is 1.17 bits per heavy atom. The average Bonchev–Trinajstić information content (AvgIpc) is 2.14. The molecule has 1 aliphatic rings. The van der Waals surface area contributed by atoms with E-state index in [9.17, 15) is 0 Å². The zero-order valence-electron chi connectivity index (χ0n) is 7.24. The van der Waals surface area contributed by atoms with Gasteiger partial charge in [-0.2, -0.15) is 0 Å². The summed E-state index contributed by atoms with van der Waals surface area (Å²) in [5.74, 6) is 0. The van der Waals surface area contributed by atoms with Crippen molar-refractivity contribution in [3.63, 3.8) is 0 Å². The molecule has 1 aliphatic carbocycles. The minimum atomic E-state index is 1.17. The smallest absolute Gasteiger partial charge is 0.0300 e. The van der Waals surface area contributed by atoms with Crippen LogP contribution in [0.5, 0.6) is 0 Å². The van der Waals surface area contributed by atoms with Crippen molar-refractivity contribution in [2.24, 2.45) is 0 Å². The quantitative estimate of drug-likeness (QED) is 0.551. The van der Waals surface area contributed by atoms with Gasteiger partial charge in [-0.3, -0.25) is 0 Å². The predicted molar refractivity (Wildman–Crippen MR) is 54.9 cm³/mol. The van der Waals surface area contributed by atoms with Gasteiger partial charge in [-0.15, -0.1) is 0 Å². The van der Waals surface area contributed by atoms with E-state index in [0.29, 0.717) is 0 Å². The van der Waals surface area contributed by atoms with Gasteiger partial charge in [-0.25, -0.2) is 0 Å². The maximum absolute atomic E-state index is 3.60. The molecule has 0 spiro atoms. The summed E-state index contributed by atoms with van der Waals surface area (Å²) in [5, 5.41) is 0. The molecule has 1 rings (SSSR count). The second kappa shape index (κ2) is 5.36. The molecule has 0 aromatic heterocycles. The van der Waals surface area contributed by atoms with E-state index in [-0.39, 0.29) is 0 Å². The summed E-state index contributed by atoms with van der Waals surface area (Å²) in [6, 6.07) is 0. The molecule has 0 aromatic carbocycles. The molecule has 62 valence electrons. The minimum absolute atomic E-state index is 1.17. The summed E-state index contributed by atoms with van der Waals surface area (Å²) in [6.45, 7) is 3.60. The predicted octanol–water partition coefficient (Wildman–Crippen LogP) is 3.56. The van der Waals surface area contributed by atoms with Crippen LogP contribution < -0.4 is 0 Å². The van der Waals surface area contributed by atoms with E-state index in [1.807, 2.05) is 18.2 Å². The highest BCUT2D eigenvalue weighted by molar-refractivity contribution is 5.34. The standard InChI is InChI=1S/C12H14/c1-2-3-4-6-9-12-10-7-5-8-11-12/h2-4,6-7,9-11H,1,5,8H2/b4-3-,9-6-. The minimum Gasteiger partial charge on any atom is -0.0991 e. The van der Waals surface area contributed by atoms with E-state index in [0.717, 1.165) is 0 Å². The fourth-order valence-electron chi connectivity index (χ4n) is 1.07. The largest absolute Gasteiger partial charge is 0.0991 e. The van der Waals surface area contributed by atoms with Crippen molar-refractivity contribution in [3.05, 3.63) is 60.8 Å². The van der Waals surface area contributed by atoms with Gasteiger partial charge in [0.15, 0.2) is 0 Å². The Morgan fingerprint density at radius 3 is 2.75 bits per heavy atom. The molecule has 0 unspecified atom stereocenters. The van der Waals surface area contributed by atoms with Gasteiger partial charge in [0.25, 0.3) is 0 Å². The van der Waals surface area contributed by atoms with Crippen LogP contribution in [0.1, 0.15) is 12.8 Å². The van der Waals surface area contributed by atoms with Gasteiger partial charge in [-0.05, 0) is 18.4 Å². The van der Waals surface area contributed by atoms with E-state index in [1.54, 1.807) is 6.08 Å². The first-order chi connectivity index (χ1) is 5.93. The Balaban J connectivity index is 2.44. The van der Waals surface area contributed by atoms with Crippen LogP contribution >= 0.6 is 0 Å². The molecule has 0 saturated carbocycles. The summed E-state index contributed by atoms with van der Waals surface area (Å²) in [4.78, 5) is 0. The van der Waals surface area contributed by atoms with E-state index < -0.39 is 0 Å². The third kappa shape index (κ3) is 3.20. The maximum atomic E-state index is 3.60. The zero-order chi connectivity index (χ0) is 8.65. The topological polar surface area (TPSA) is 0 Å². The lowest BCUT2D eigenvalue weighted by Crippen LogP contribution is -1.79. The van der Waals surface area contributed by atoms with E-state index in [1.165, 1.54) is 18.4 Å². The Hall–Kier alpha value is -1.30. The molecule has 0 aromatic rings. The molecular formula is C12H14. The van der Waals surface area contributed by atoms with Crippen molar-refractivity contribution >= 4 is 0 Å². The van der Waals surface area contributed by atoms with Crippen LogP contribution in [0.25, 0.3) is 0 Å². The van der Waals surface area contributed by atoms with Crippen LogP contribution in [0.15, 0.2) is 60.8 Å². The number of hydrogen-bond donors (Lipinski definition) is 0. The van der Waals surface area contributed by atoms with Crippen molar-refractivity contribution in [1.82, 2.24) is 0 Å². The number of hydrogen-bond acceptors (Lipinski definition) is 0. The molecule has 0 saturated heterocycles. The second-order valence-corrected chi connectivity index (χ2v) is 2.66. The summed E-state index contributed by atoms with van der Waals surface area (Å²) in [7, 11) is 0. The Bertz CT molecular complexity index is 249. The molecule has 0 heterocycles. The van der Waals surface area contributed by atoms with E-state index in [4.69, 9.17) is 0 Å². The van der Waals surface area contributed by atoms with Crippen LogP contribution in [0.2, 0.25) is 0 Å². The Labute approximate surface area is 74.3 Å². The lowest BCUT2D eigenvalue weighted by atomic mass is 10.1. The van der Waals surface area contributed by atoms with E-state index in [2.05, 4.69) is 30.9 Å². The van der Waals surface area contributed by atoms with Crippen LogP contribution in [0.4, 0.5) is 0 Å². The van der Waals surface area contributed by atoms with Gasteiger partial charge in [0.1, 0.15) is 0 Å². The van der Waals surface area contributed by atoms with Gasteiger partial charge >= 0.3 is 0 Å². The van der Waals surface area contributed by atoms with Crippen molar-refractivity contribution in [1.29, 1.82) is 0 Å². The lowest BCUT2D eigenvalue weighted by molar-refractivity contribution is 1.03. The van der Waals surface area contributed by atoms with Gasteiger partial charge in [-0.1, -0.05) is 55.2 Å². The van der Waals surface area contributed by atoms with Crippen molar-refractivity contribution in [3.8, 4) is 0 Å². The summed E-state index contributed by atoms with van der Waals surface area (Å²) < 4.78 is 0. The molecule has 0 fully saturated rings. The second-order valence-electron chi connectivity index (χ2n) is 2.66. The van der Waals surface area contributed by atoms with Crippen LogP contribution in [0.3, 0.4) is 0 Å². The number of rotatable bonds is 3. The molecule has 0 heteroatoms. The van der Waals surface area contributed by atoms with Crippen molar-refractivity contribution in [2.45, 2.75) is 12.8 Å². The molecule has 0 aliphatic heterocycles. The fourth-order valence-corrected chi connectivity index (χ4v) is 1.07. The third-order valence-electron chi connectivity index (χ3n) is 1.67. The molecule has 0 N–H and O–H groups in total. The average molecular weight is 158 g/mol. The highest BCUT2D eigenvalue weighted by Crippen LogP contribution is 2.10. The van der Waals surface area contributed by atoms with Crippen molar-refractivity contribution < 1.29 is 0 Å². The van der Waals surface area contributed by atoms with Gasteiger partial charge in [0, 0.05) is 0 Å². The van der Waals surface area contributed by atoms with Crippen LogP contribution in [-0.2, 0) is 0 Å². The first-order valence-corrected chi connectivity index (χ1v) is 4.26. The third-order valence-corrected chi connectivity index (χ3v) is 1.67. The molecule has 0 radical (unpaired) electrons. The van der Waals surface area contributed by atoms with Gasteiger partial charge in [0.2, 0.25) is 0 Å². The van der Waals surface area contributed by atoms with E-state index >= 15 is 0 Å². The fraction of sp³-hybridized carbons (Fsp3) is 0.167. The number of allylic oxidation sites excluding steroid dienone is 9. The molecule has 0 atom stereocenters. The molecular weight excluding hydrogens is 144 g/mol. The first-order valence-electron chi connectivity index (χ1n) is 4.26. The van der Waals surface area contributed by atoms with Gasteiger partial charge < -0.3 is 0 Å². The molecule has 0 amide bonds. The first kappa shape index (κ1) is 8.79. The molecule has 0 nitrogen and oxygen atoms in total. The molecule has 12 heavy (non-hydrogen) atoms.